The van der Waals surface area contributed by atoms with Crippen molar-refractivity contribution in [2.75, 3.05) is 57.4 Å². The van der Waals surface area contributed by atoms with Gasteiger partial charge in [-0.2, -0.15) is 11.5 Å². The van der Waals surface area contributed by atoms with Gasteiger partial charge in [-0.3, -0.25) is 0 Å². The van der Waals surface area contributed by atoms with E-state index in [2.05, 4.69) is 148 Å². The zero-order valence-electron chi connectivity index (χ0n) is 72.4. The summed E-state index contributed by atoms with van der Waals surface area (Å²) < 4.78 is 70.0. The van der Waals surface area contributed by atoms with E-state index in [1.165, 1.54) is 39.3 Å². The average Bonchev–Trinajstić information content (AvgIpc) is 1.59. The second-order valence-corrected chi connectivity index (χ2v) is 32.6. The van der Waals surface area contributed by atoms with E-state index in [0.29, 0.717) is 24.9 Å². The van der Waals surface area contributed by atoms with Crippen molar-refractivity contribution in [2.24, 2.45) is 5.92 Å². The Morgan fingerprint density at radius 1 is 0.437 bits per heavy atom. The molecule has 0 amide bonds. The molecule has 24 heteroatoms. The quantitative estimate of drug-likeness (QED) is 0.0220. The summed E-state index contributed by atoms with van der Waals surface area (Å²) in [5.41, 5.74) is 9.21. The van der Waals surface area contributed by atoms with Crippen molar-refractivity contribution in [1.82, 2.24) is 20.0 Å². The van der Waals surface area contributed by atoms with E-state index in [9.17, 15) is 10.4 Å². The molecular weight excluding hydrogens is 1560 g/mol. The van der Waals surface area contributed by atoms with E-state index in [-0.39, 0.29) is 73.6 Å². The van der Waals surface area contributed by atoms with Gasteiger partial charge >= 0.3 is 18.9 Å². The molecular formula is C95H120BrLiN8O14. The minimum atomic E-state index is -0.677. The summed E-state index contributed by atoms with van der Waals surface area (Å²) >= 11 is 3.45. The van der Waals surface area contributed by atoms with Crippen LogP contribution in [0.15, 0.2) is 205 Å². The summed E-state index contributed by atoms with van der Waals surface area (Å²) in [4.78, 5) is 21.2. The number of halogens is 1. The standard InChI is InChI=1S/C31H38N2O4.C30H37N3O5.C21H21BrN2O2.C9H15NO3.C4H9.Li/c1-6-23-17-27(30-29(23)36-31(2,3)37-30)24-11-16-28(32-18-24)33(19-21-7-12-25(34-4)13-8-21)20-22-9-14-26(35-5)15-10-22;1-6-25-28-29(38-30(2,3)37-28)27(33(25)34)22-11-16-26(31-17-22)32(18-20-7-12-23(35-4)13-8-20)19-21-9-14-24(36-5)15-10-21;1-25-19-8-3-16(4-9-19)14-24(21-12-7-18(22)13-23-21)15-17-5-10-20(26-2)11-6-17;1-4-6-8-7(5-10(6)11)12-9(2,3)13-8;1-3-4-2;/h7-16,18,23,27,29-30H,6,17,19-20H2,1-5H3;7-17,25,27-29,34H,6,18-19H2,1-5H3;3-13H,14-15H2,1-2H3;5-8H,4H2,1-3H3;1,3-4H2,2H3;/q;;;;-1;+1/t23-,27-,29+,30-;25-,27+,28-,29+;;6-,7+,8-;;/m01.1../s1. The number of rotatable bonds is 27. The number of ether oxygens (including phenoxy) is 12. The van der Waals surface area contributed by atoms with E-state index in [1.54, 1.807) is 48.9 Å². The van der Waals surface area contributed by atoms with E-state index in [4.69, 9.17) is 66.8 Å². The molecule has 22 nitrogen and oxygen atoms in total. The number of hydroxylamine groups is 3. The minimum Gasteiger partial charge on any atom is -0.624 e. The Morgan fingerprint density at radius 3 is 1.08 bits per heavy atom. The van der Waals surface area contributed by atoms with Crippen molar-refractivity contribution in [2.45, 2.75) is 225 Å². The van der Waals surface area contributed by atoms with Gasteiger partial charge in [-0.05, 0) is 218 Å². The normalized spacial score (nSPS) is 22.3. The van der Waals surface area contributed by atoms with E-state index in [1.807, 2.05) is 164 Å². The first-order valence-electron chi connectivity index (χ1n) is 41.0. The summed E-state index contributed by atoms with van der Waals surface area (Å²) in [6.07, 6.45) is 12.8. The molecule has 1 saturated carbocycles. The van der Waals surface area contributed by atoms with Gasteiger partial charge in [-0.1, -0.05) is 125 Å². The molecule has 8 heterocycles. The Labute approximate surface area is 725 Å². The van der Waals surface area contributed by atoms with Crippen LogP contribution in [0.4, 0.5) is 17.5 Å². The molecule has 1 aliphatic carbocycles. The summed E-state index contributed by atoms with van der Waals surface area (Å²) in [5.74, 6) is 6.87. The van der Waals surface area contributed by atoms with E-state index < -0.39 is 17.4 Å². The summed E-state index contributed by atoms with van der Waals surface area (Å²) in [6.45, 7) is 28.0. The Hall–Kier alpha value is -8.80. The molecule has 5 aliphatic heterocycles. The summed E-state index contributed by atoms with van der Waals surface area (Å²) in [5, 5.41) is 23.8. The molecule has 11 atom stereocenters. The van der Waals surface area contributed by atoms with Crippen LogP contribution >= 0.6 is 15.9 Å². The second-order valence-electron chi connectivity index (χ2n) is 31.7. The number of hydrogen-bond acceptors (Lipinski definition) is 21. The number of nitrogens with zero attached hydrogens (tertiary/aromatic N) is 8. The molecule has 5 fully saturated rings. The van der Waals surface area contributed by atoms with Crippen LogP contribution in [0.5, 0.6) is 34.5 Å². The zero-order chi connectivity index (χ0) is 84.3. The third-order valence-corrected chi connectivity index (χ3v) is 22.6. The first-order chi connectivity index (χ1) is 56.8. The van der Waals surface area contributed by atoms with Crippen LogP contribution in [0, 0.1) is 18.0 Å². The van der Waals surface area contributed by atoms with Crippen LogP contribution in [-0.4, -0.2) is 145 Å². The van der Waals surface area contributed by atoms with Gasteiger partial charge in [0.25, 0.3) is 0 Å². The number of pyridine rings is 3. The fourth-order valence-corrected chi connectivity index (χ4v) is 16.2. The SMILES string of the molecule is CC[C@@H]1[C@H]2OC(C)(C)O[C@H]2C=[N+]1[O-].CC[C@@H]1[C@H]2OC(C)(C)O[C@H]2[C@H](c2ccc(N(Cc3ccc(OC)cc3)Cc3ccc(OC)cc3)nc2)N1O.CC[C@H]1C[C@@H](c2ccc(N(Cc3ccc(OC)cc3)Cc3ccc(OC)cc3)nc2)[C@@H]2OC(C)(C)O[C@H]12.COc1ccc(CN(Cc2ccc(OC)cc2)c2ccc(Br)cn2)cc1.[CH2-]CCC.[Li+]. The van der Waals surface area contributed by atoms with Gasteiger partial charge in [0.15, 0.2) is 41.8 Å². The Bertz CT molecular complexity index is 4410. The second kappa shape index (κ2) is 43.1. The van der Waals surface area contributed by atoms with Gasteiger partial charge in [0.1, 0.15) is 64.2 Å². The molecule has 6 aliphatic rings. The van der Waals surface area contributed by atoms with Crippen molar-refractivity contribution >= 4 is 39.6 Å². The Balaban J connectivity index is 0.000000172. The van der Waals surface area contributed by atoms with Gasteiger partial charge < -0.3 is 88.9 Å². The van der Waals surface area contributed by atoms with Crippen LogP contribution in [-0.2, 0) is 67.7 Å². The first-order valence-corrected chi connectivity index (χ1v) is 41.8. The van der Waals surface area contributed by atoms with E-state index in [0.717, 1.165) is 136 Å². The molecule has 3 aromatic heterocycles. The topological polar surface area (TPSA) is 209 Å². The predicted octanol–water partition coefficient (Wildman–Crippen LogP) is 16.3. The first kappa shape index (κ1) is 92.5. The van der Waals surface area contributed by atoms with Crippen molar-refractivity contribution in [3.05, 3.63) is 262 Å². The van der Waals surface area contributed by atoms with Crippen LogP contribution in [0.1, 0.15) is 164 Å². The van der Waals surface area contributed by atoms with E-state index >= 15 is 0 Å². The molecule has 119 heavy (non-hydrogen) atoms. The monoisotopic (exact) mass is 1680 g/mol. The van der Waals surface area contributed by atoms with Gasteiger partial charge in [0.05, 0.1) is 67.0 Å². The summed E-state index contributed by atoms with van der Waals surface area (Å²) in [6, 6.07) is 60.8. The van der Waals surface area contributed by atoms with Gasteiger partial charge in [0.2, 0.25) is 0 Å². The molecule has 632 valence electrons. The predicted molar refractivity (Wildman–Crippen MR) is 465 cm³/mol. The maximum atomic E-state index is 11.3. The molecule has 15 rings (SSSR count). The maximum absolute atomic E-state index is 11.3. The molecule has 9 aromatic rings. The molecule has 0 unspecified atom stereocenters. The summed E-state index contributed by atoms with van der Waals surface area (Å²) in [7, 11) is 10.1. The van der Waals surface area contributed by atoms with Crippen LogP contribution in [0.3, 0.4) is 0 Å². The molecule has 4 saturated heterocycles. The number of anilines is 3. The van der Waals surface area contributed by atoms with Crippen molar-refractivity contribution in [1.29, 1.82) is 0 Å². The number of fused-ring (bicyclic) bond motifs is 3. The van der Waals surface area contributed by atoms with Gasteiger partial charge in [-0.15, -0.1) is 0 Å². The van der Waals surface area contributed by atoms with Crippen molar-refractivity contribution in [3.8, 4) is 34.5 Å². The molecule has 1 N–H and O–H groups in total. The van der Waals surface area contributed by atoms with Gasteiger partial charge in [-0.25, -0.2) is 19.7 Å². The van der Waals surface area contributed by atoms with Gasteiger partial charge in [0, 0.05) is 74.7 Å². The Morgan fingerprint density at radius 2 is 0.765 bits per heavy atom. The number of methoxy groups -OCH3 is 6. The number of benzene rings is 6. The van der Waals surface area contributed by atoms with Crippen LogP contribution < -0.4 is 62.0 Å². The number of unbranched alkanes of at least 4 members (excludes halogenated alkanes) is 1. The smallest absolute Gasteiger partial charge is 0.624 e. The molecule has 0 radical (unpaired) electrons. The Kier molecular flexibility index (Phi) is 33.5. The maximum Gasteiger partial charge on any atom is 1.00 e. The number of hydrogen-bond donors (Lipinski definition) is 1. The third-order valence-electron chi connectivity index (χ3n) is 22.1. The van der Waals surface area contributed by atoms with Crippen LogP contribution in [0.25, 0.3) is 0 Å². The van der Waals surface area contributed by atoms with Crippen molar-refractivity contribution in [3.63, 3.8) is 0 Å². The average molecular weight is 1680 g/mol. The van der Waals surface area contributed by atoms with Crippen molar-refractivity contribution < 1.29 is 85.6 Å². The molecule has 6 aromatic carbocycles. The molecule has 0 bridgehead atoms. The molecule has 0 spiro atoms. The largest absolute Gasteiger partial charge is 1.00 e. The minimum absolute atomic E-state index is 0. The fraction of sp³-hybridized carbons (Fsp3) is 0.442. The number of aromatic nitrogens is 3. The zero-order valence-corrected chi connectivity index (χ0v) is 74.0. The van der Waals surface area contributed by atoms with Crippen LogP contribution in [0.2, 0.25) is 0 Å². The third kappa shape index (κ3) is 24.5. The fourth-order valence-electron chi connectivity index (χ4n) is 16.0.